The molecule has 0 N–H and O–H groups in total. The van der Waals surface area contributed by atoms with Gasteiger partial charge in [0.25, 0.3) is 0 Å². The Labute approximate surface area is 191 Å². The predicted molar refractivity (Wildman–Crippen MR) is 117 cm³/mol. The zero-order chi connectivity index (χ0) is 23.4. The molecule has 0 aliphatic carbocycles. The number of ether oxygens (including phenoxy) is 1. The number of aromatic nitrogens is 6. The Bertz CT molecular complexity index is 1280. The van der Waals surface area contributed by atoms with Crippen molar-refractivity contribution >= 4 is 11.8 Å². The first kappa shape index (κ1) is 22.5. The van der Waals surface area contributed by atoms with Crippen LogP contribution in [0.15, 0.2) is 77.6 Å². The summed E-state index contributed by atoms with van der Waals surface area (Å²) in [6.45, 7) is 4.09. The second-order valence-electron chi connectivity index (χ2n) is 6.64. The van der Waals surface area contributed by atoms with Crippen molar-refractivity contribution in [2.75, 3.05) is 7.11 Å². The number of alkyl halides is 3. The van der Waals surface area contributed by atoms with Crippen molar-refractivity contribution in [2.45, 2.75) is 22.9 Å². The molecule has 4 rings (SSSR count). The Morgan fingerprint density at radius 3 is 2.58 bits per heavy atom. The molecule has 0 fully saturated rings. The van der Waals surface area contributed by atoms with Crippen molar-refractivity contribution in [1.82, 2.24) is 29.7 Å². The maximum absolute atomic E-state index is 13.5. The number of allylic oxidation sites excluding steroid dienone is 1. The smallest absolute Gasteiger partial charge is 0.433 e. The van der Waals surface area contributed by atoms with E-state index in [4.69, 9.17) is 4.74 Å². The van der Waals surface area contributed by atoms with Gasteiger partial charge >= 0.3 is 6.18 Å². The van der Waals surface area contributed by atoms with Gasteiger partial charge in [0.2, 0.25) is 0 Å². The zero-order valence-electron chi connectivity index (χ0n) is 17.3. The molecule has 0 aliphatic rings. The van der Waals surface area contributed by atoms with Crippen molar-refractivity contribution in [1.29, 1.82) is 0 Å². The minimum Gasteiger partial charge on any atom is -0.496 e. The highest BCUT2D eigenvalue weighted by Crippen LogP contribution is 2.36. The van der Waals surface area contributed by atoms with Gasteiger partial charge in [0.05, 0.1) is 12.7 Å². The standard InChI is InChI=1S/C22H17F3N6OS/c1-3-12-31-20(14-8-4-5-10-16(14)32-2)29-30-21(31)33-18-13-17(22(23,24)25)27-19(28-18)15-9-6-7-11-26-15/h3-11,13H,1,12H2,2H3. The molecule has 168 valence electrons. The molecule has 0 amide bonds. The summed E-state index contributed by atoms with van der Waals surface area (Å²) in [5.74, 6) is 0.947. The van der Waals surface area contributed by atoms with E-state index in [1.807, 2.05) is 18.2 Å². The van der Waals surface area contributed by atoms with Crippen LogP contribution in [-0.2, 0) is 12.7 Å². The van der Waals surface area contributed by atoms with Crippen LogP contribution in [0, 0.1) is 0 Å². The predicted octanol–water partition coefficient (Wildman–Crippen LogP) is 5.16. The van der Waals surface area contributed by atoms with Gasteiger partial charge in [-0.1, -0.05) is 24.3 Å². The third-order valence-corrected chi connectivity index (χ3v) is 5.36. The number of halogens is 3. The van der Waals surface area contributed by atoms with Crippen LogP contribution in [-0.4, -0.2) is 36.8 Å². The number of nitrogens with zero attached hydrogens (tertiary/aromatic N) is 6. The van der Waals surface area contributed by atoms with Gasteiger partial charge in [-0.25, -0.2) is 9.97 Å². The highest BCUT2D eigenvalue weighted by Gasteiger charge is 2.34. The minimum absolute atomic E-state index is 0.0577. The van der Waals surface area contributed by atoms with Crippen molar-refractivity contribution in [3.05, 3.63) is 73.1 Å². The van der Waals surface area contributed by atoms with Gasteiger partial charge in [-0.15, -0.1) is 16.8 Å². The maximum Gasteiger partial charge on any atom is 0.433 e. The topological polar surface area (TPSA) is 78.6 Å². The first-order chi connectivity index (χ1) is 15.9. The summed E-state index contributed by atoms with van der Waals surface area (Å²) in [6, 6.07) is 13.0. The largest absolute Gasteiger partial charge is 0.496 e. The van der Waals surface area contributed by atoms with Crippen molar-refractivity contribution in [3.63, 3.8) is 0 Å². The average Bonchev–Trinajstić information content (AvgIpc) is 3.21. The third kappa shape index (κ3) is 4.87. The molecular weight excluding hydrogens is 453 g/mol. The van der Waals surface area contributed by atoms with E-state index in [1.165, 1.54) is 6.20 Å². The van der Waals surface area contributed by atoms with Gasteiger partial charge in [-0.3, -0.25) is 9.55 Å². The summed E-state index contributed by atoms with van der Waals surface area (Å²) in [5.41, 5.74) is -0.151. The number of rotatable bonds is 7. The monoisotopic (exact) mass is 470 g/mol. The molecule has 0 saturated heterocycles. The van der Waals surface area contributed by atoms with Gasteiger partial charge in [0.15, 0.2) is 16.8 Å². The quantitative estimate of drug-likeness (QED) is 0.273. The van der Waals surface area contributed by atoms with Crippen LogP contribution >= 0.6 is 11.8 Å². The van der Waals surface area contributed by atoms with Gasteiger partial charge in [0.1, 0.15) is 22.2 Å². The highest BCUT2D eigenvalue weighted by atomic mass is 32.2. The normalized spacial score (nSPS) is 11.4. The SMILES string of the molecule is C=CCn1c(Sc2cc(C(F)(F)F)nc(-c3ccccn3)n2)nnc1-c1ccccc1OC. The van der Waals surface area contributed by atoms with E-state index in [9.17, 15) is 13.2 Å². The van der Waals surface area contributed by atoms with Crippen LogP contribution in [0.3, 0.4) is 0 Å². The van der Waals surface area contributed by atoms with Gasteiger partial charge in [-0.05, 0) is 36.0 Å². The van der Waals surface area contributed by atoms with Crippen molar-refractivity contribution in [2.24, 2.45) is 0 Å². The summed E-state index contributed by atoms with van der Waals surface area (Å²) in [5, 5.41) is 8.84. The van der Waals surface area contributed by atoms with Crippen LogP contribution in [0.4, 0.5) is 13.2 Å². The molecule has 0 unspecified atom stereocenters. The molecule has 3 aromatic heterocycles. The first-order valence-electron chi connectivity index (χ1n) is 9.63. The Morgan fingerprint density at radius 2 is 1.88 bits per heavy atom. The molecule has 0 atom stereocenters. The molecule has 7 nitrogen and oxygen atoms in total. The lowest BCUT2D eigenvalue weighted by Gasteiger charge is -2.12. The molecule has 0 bridgehead atoms. The summed E-state index contributed by atoms with van der Waals surface area (Å²) in [7, 11) is 1.54. The molecule has 0 saturated carbocycles. The zero-order valence-corrected chi connectivity index (χ0v) is 18.1. The Balaban J connectivity index is 1.79. The Morgan fingerprint density at radius 1 is 1.09 bits per heavy atom. The first-order valence-corrected chi connectivity index (χ1v) is 10.5. The number of pyridine rings is 1. The molecule has 0 radical (unpaired) electrons. The lowest BCUT2D eigenvalue weighted by atomic mass is 10.2. The van der Waals surface area contributed by atoms with Crippen LogP contribution < -0.4 is 4.74 Å². The van der Waals surface area contributed by atoms with Crippen molar-refractivity contribution < 1.29 is 17.9 Å². The van der Waals surface area contributed by atoms with E-state index in [2.05, 4.69) is 31.7 Å². The third-order valence-electron chi connectivity index (χ3n) is 4.46. The molecule has 4 aromatic rings. The lowest BCUT2D eigenvalue weighted by molar-refractivity contribution is -0.141. The minimum atomic E-state index is -4.65. The van der Waals surface area contributed by atoms with Gasteiger partial charge in [0, 0.05) is 18.8 Å². The number of para-hydroxylation sites is 1. The van der Waals surface area contributed by atoms with Crippen LogP contribution in [0.25, 0.3) is 22.9 Å². The highest BCUT2D eigenvalue weighted by molar-refractivity contribution is 7.99. The van der Waals surface area contributed by atoms with Crippen LogP contribution in [0.1, 0.15) is 5.69 Å². The van der Waals surface area contributed by atoms with Crippen molar-refractivity contribution in [3.8, 4) is 28.7 Å². The van der Waals surface area contributed by atoms with Crippen LogP contribution in [0.2, 0.25) is 0 Å². The number of methoxy groups -OCH3 is 1. The fourth-order valence-electron chi connectivity index (χ4n) is 3.01. The van der Waals surface area contributed by atoms with Crippen LogP contribution in [0.5, 0.6) is 5.75 Å². The molecular formula is C22H17F3N6OS. The summed E-state index contributed by atoms with van der Waals surface area (Å²) >= 11 is 0.944. The second kappa shape index (κ2) is 9.41. The summed E-state index contributed by atoms with van der Waals surface area (Å²) in [6.07, 6.45) is -1.54. The average molecular weight is 470 g/mol. The molecule has 1 aromatic carbocycles. The fraction of sp³-hybridized carbons (Fsp3) is 0.136. The van der Waals surface area contributed by atoms with Gasteiger partial charge in [-0.2, -0.15) is 13.2 Å². The fourth-order valence-corrected chi connectivity index (χ4v) is 3.85. The molecule has 33 heavy (non-hydrogen) atoms. The summed E-state index contributed by atoms with van der Waals surface area (Å²) < 4.78 is 47.7. The van der Waals surface area contributed by atoms with E-state index >= 15 is 0 Å². The number of hydrogen-bond acceptors (Lipinski definition) is 7. The molecule has 0 spiro atoms. The number of hydrogen-bond donors (Lipinski definition) is 0. The van der Waals surface area contributed by atoms with E-state index in [-0.39, 0.29) is 16.5 Å². The summed E-state index contributed by atoms with van der Waals surface area (Å²) in [4.78, 5) is 12.0. The van der Waals surface area contributed by atoms with E-state index in [0.717, 1.165) is 17.8 Å². The second-order valence-corrected chi connectivity index (χ2v) is 7.62. The molecule has 11 heteroatoms. The molecule has 3 heterocycles. The maximum atomic E-state index is 13.5. The Kier molecular flexibility index (Phi) is 6.40. The number of benzene rings is 1. The Hall–Kier alpha value is -3.73. The lowest BCUT2D eigenvalue weighted by Crippen LogP contribution is -2.10. The van der Waals surface area contributed by atoms with E-state index in [1.54, 1.807) is 42.0 Å². The van der Waals surface area contributed by atoms with Gasteiger partial charge < -0.3 is 4.74 Å². The van der Waals surface area contributed by atoms with E-state index in [0.29, 0.717) is 28.8 Å². The molecule has 0 aliphatic heterocycles. The van der Waals surface area contributed by atoms with E-state index < -0.39 is 11.9 Å².